The van der Waals surface area contributed by atoms with Crippen LogP contribution in [0.1, 0.15) is 61.8 Å². The molecule has 230 valence electrons. The number of rotatable bonds is 10. The smallest absolute Gasteiger partial charge is 0.255 e. The molecule has 45 heavy (non-hydrogen) atoms. The van der Waals surface area contributed by atoms with Crippen LogP contribution >= 0.6 is 0 Å². The minimum absolute atomic E-state index is 0.165. The van der Waals surface area contributed by atoms with Crippen molar-refractivity contribution >= 4 is 46.3 Å². The number of ketones is 1. The molecule has 3 aromatic carbocycles. The largest absolute Gasteiger partial charge is 0.346 e. The fraction of sp³-hybridized carbons (Fsp3) is 0.314. The van der Waals surface area contributed by atoms with Gasteiger partial charge in [0.15, 0.2) is 5.78 Å². The van der Waals surface area contributed by atoms with Crippen LogP contribution in [0.5, 0.6) is 0 Å². The van der Waals surface area contributed by atoms with Crippen LogP contribution in [-0.2, 0) is 24.0 Å². The number of benzene rings is 3. The van der Waals surface area contributed by atoms with Crippen molar-refractivity contribution < 1.29 is 24.0 Å². The summed E-state index contributed by atoms with van der Waals surface area (Å²) in [5.41, 5.74) is 1.94. The molecule has 1 heterocycles. The highest BCUT2D eigenvalue weighted by Gasteiger charge is 2.51. The van der Waals surface area contributed by atoms with Gasteiger partial charge in [-0.25, -0.2) is 10.9 Å². The Bertz CT molecular complexity index is 1700. The molecule has 0 aromatic heterocycles. The van der Waals surface area contributed by atoms with Crippen molar-refractivity contribution in [3.05, 3.63) is 89.5 Å². The molecule has 4 N–H and O–H groups in total. The van der Waals surface area contributed by atoms with Crippen molar-refractivity contribution in [2.45, 2.75) is 51.1 Å². The first-order chi connectivity index (χ1) is 21.7. The van der Waals surface area contributed by atoms with Gasteiger partial charge in [0.1, 0.15) is 5.92 Å². The zero-order valence-corrected chi connectivity index (χ0v) is 24.9. The summed E-state index contributed by atoms with van der Waals surface area (Å²) in [7, 11) is 0. The highest BCUT2D eigenvalue weighted by atomic mass is 16.2. The zero-order chi connectivity index (χ0) is 32.1. The summed E-state index contributed by atoms with van der Waals surface area (Å²) < 4.78 is 0. The third-order valence-electron chi connectivity index (χ3n) is 8.78. The summed E-state index contributed by atoms with van der Waals surface area (Å²) >= 11 is 0. The molecule has 0 radical (unpaired) electrons. The number of amides is 4. The van der Waals surface area contributed by atoms with Crippen molar-refractivity contribution in [1.29, 1.82) is 5.26 Å². The highest BCUT2D eigenvalue weighted by Crippen LogP contribution is 2.33. The van der Waals surface area contributed by atoms with Gasteiger partial charge in [-0.15, -0.1) is 0 Å². The molecule has 2 fully saturated rings. The Morgan fingerprint density at radius 1 is 0.978 bits per heavy atom. The Kier molecular flexibility index (Phi) is 9.50. The van der Waals surface area contributed by atoms with E-state index in [2.05, 4.69) is 16.7 Å². The Balaban J connectivity index is 1.37. The van der Waals surface area contributed by atoms with E-state index in [4.69, 9.17) is 11.1 Å². The number of nitrogens with zero attached hydrogens (tertiary/aromatic N) is 2. The minimum Gasteiger partial charge on any atom is -0.346 e. The number of hydrazine groups is 1. The van der Waals surface area contributed by atoms with E-state index < -0.39 is 53.3 Å². The average molecular weight is 606 g/mol. The lowest BCUT2D eigenvalue weighted by Gasteiger charge is -2.27. The van der Waals surface area contributed by atoms with Crippen molar-refractivity contribution in [1.82, 2.24) is 15.6 Å². The summed E-state index contributed by atoms with van der Waals surface area (Å²) in [5, 5.41) is 17.3. The van der Waals surface area contributed by atoms with Crippen molar-refractivity contribution in [3.8, 4) is 6.07 Å². The van der Waals surface area contributed by atoms with Crippen LogP contribution in [-0.4, -0.2) is 40.5 Å². The lowest BCUT2D eigenvalue weighted by atomic mass is 9.83. The zero-order valence-electron chi connectivity index (χ0n) is 24.9. The second-order valence-corrected chi connectivity index (χ2v) is 11.7. The maximum Gasteiger partial charge on any atom is 0.255 e. The SMILES string of the molecule is C[C@@H]1C(=O)N(N)C(=O)[C@H]1C(=O)[C@@H](NC(=O)CC(NC(=O)/C=C/c1ccc(C#N)cc1)c1ccc2ccccc2c1)C1CCCC1. The van der Waals surface area contributed by atoms with Crippen molar-refractivity contribution in [2.24, 2.45) is 23.6 Å². The monoisotopic (exact) mass is 605 g/mol. The maximum absolute atomic E-state index is 13.8. The topological polar surface area (TPSA) is 162 Å². The Morgan fingerprint density at radius 3 is 2.31 bits per heavy atom. The average Bonchev–Trinajstić information content (AvgIpc) is 3.65. The van der Waals surface area contributed by atoms with E-state index in [1.165, 1.54) is 13.0 Å². The van der Waals surface area contributed by atoms with Gasteiger partial charge in [-0.1, -0.05) is 68.3 Å². The van der Waals surface area contributed by atoms with Crippen LogP contribution in [0.4, 0.5) is 0 Å². The van der Waals surface area contributed by atoms with Gasteiger partial charge in [-0.05, 0) is 64.9 Å². The molecule has 2 aliphatic rings. The van der Waals surface area contributed by atoms with Gasteiger partial charge < -0.3 is 10.6 Å². The van der Waals surface area contributed by atoms with Gasteiger partial charge >= 0.3 is 0 Å². The molecule has 5 rings (SSSR count). The third-order valence-corrected chi connectivity index (χ3v) is 8.78. The fourth-order valence-corrected chi connectivity index (χ4v) is 6.26. The lowest BCUT2D eigenvalue weighted by molar-refractivity contribution is -0.142. The van der Waals surface area contributed by atoms with Gasteiger partial charge in [-0.3, -0.25) is 24.0 Å². The number of carbonyl (C=O) groups excluding carboxylic acids is 5. The molecule has 10 nitrogen and oxygen atoms in total. The van der Waals surface area contributed by atoms with E-state index in [9.17, 15) is 24.0 Å². The number of imide groups is 1. The van der Waals surface area contributed by atoms with Crippen LogP contribution in [0, 0.1) is 29.1 Å². The normalized spacial score (nSPS) is 19.9. The molecular weight excluding hydrogens is 570 g/mol. The second kappa shape index (κ2) is 13.7. The minimum atomic E-state index is -1.25. The first-order valence-corrected chi connectivity index (χ1v) is 15.1. The van der Waals surface area contributed by atoms with E-state index in [0.717, 1.165) is 29.2 Å². The second-order valence-electron chi connectivity index (χ2n) is 11.7. The Labute approximate surface area is 261 Å². The quantitative estimate of drug-likeness (QED) is 0.104. The van der Waals surface area contributed by atoms with Gasteiger partial charge in [0.25, 0.3) is 5.91 Å². The highest BCUT2D eigenvalue weighted by molar-refractivity contribution is 6.16. The van der Waals surface area contributed by atoms with Crippen molar-refractivity contribution in [3.63, 3.8) is 0 Å². The first kappa shape index (κ1) is 31.3. The number of nitriles is 1. The van der Waals surface area contributed by atoms with Crippen LogP contribution in [0.15, 0.2) is 72.8 Å². The standard InChI is InChI=1S/C35H35N5O5/c1-21-31(35(45)40(37)34(21)44)33(43)32(25-7-3-4-8-25)39-30(42)19-28(27-16-15-24-6-2-5-9-26(24)18-27)38-29(41)17-14-22-10-12-23(20-36)13-11-22/h2,5-6,9-18,21,25,28,31-32H,3-4,7-8,19,37H2,1H3,(H,38,41)(H,39,42)/b17-14+/t21-,28?,31+,32-/m0/s1. The van der Waals surface area contributed by atoms with Gasteiger partial charge in [0.05, 0.1) is 36.1 Å². The van der Waals surface area contributed by atoms with Crippen LogP contribution in [0.25, 0.3) is 16.8 Å². The molecule has 1 aliphatic carbocycles. The summed E-state index contributed by atoms with van der Waals surface area (Å²) in [5.74, 6) is 0.493. The predicted molar refractivity (Wildman–Crippen MR) is 167 cm³/mol. The number of hydrogen-bond acceptors (Lipinski definition) is 7. The third kappa shape index (κ3) is 7.00. The van der Waals surface area contributed by atoms with E-state index in [-0.39, 0.29) is 12.3 Å². The predicted octanol–water partition coefficient (Wildman–Crippen LogP) is 3.71. The number of nitrogens with two attached hydrogens (primary N) is 1. The molecular formula is C35H35N5O5. The van der Waals surface area contributed by atoms with Gasteiger partial charge in [0.2, 0.25) is 17.7 Å². The summed E-state index contributed by atoms with van der Waals surface area (Å²) in [6, 6.07) is 20.6. The van der Waals surface area contributed by atoms with Crippen LogP contribution in [0.2, 0.25) is 0 Å². The number of Topliss-reactive ketones (excluding diaryl/α,β-unsaturated/α-hetero) is 1. The Morgan fingerprint density at radius 2 is 1.67 bits per heavy atom. The number of carbonyl (C=O) groups is 5. The number of hydrogen-bond donors (Lipinski definition) is 3. The van der Waals surface area contributed by atoms with Gasteiger partial charge in [0, 0.05) is 6.08 Å². The molecule has 1 unspecified atom stereocenters. The van der Waals surface area contributed by atoms with Gasteiger partial charge in [-0.2, -0.15) is 5.26 Å². The molecule has 1 aliphatic heterocycles. The molecule has 0 spiro atoms. The van der Waals surface area contributed by atoms with E-state index in [1.807, 2.05) is 42.5 Å². The number of fused-ring (bicyclic) bond motifs is 1. The summed E-state index contributed by atoms with van der Waals surface area (Å²) in [4.78, 5) is 65.6. The van der Waals surface area contributed by atoms with E-state index >= 15 is 0 Å². The Hall–Kier alpha value is -5.14. The molecule has 10 heteroatoms. The molecule has 3 aromatic rings. The summed E-state index contributed by atoms with van der Waals surface area (Å²) in [6.45, 7) is 1.50. The van der Waals surface area contributed by atoms with Crippen molar-refractivity contribution in [2.75, 3.05) is 0 Å². The van der Waals surface area contributed by atoms with Crippen LogP contribution in [0.3, 0.4) is 0 Å². The molecule has 4 amide bonds. The maximum atomic E-state index is 13.8. The number of nitrogens with one attached hydrogen (secondary N) is 2. The van der Waals surface area contributed by atoms with Crippen LogP contribution < -0.4 is 16.5 Å². The molecule has 0 bridgehead atoms. The summed E-state index contributed by atoms with van der Waals surface area (Å²) in [6.07, 6.45) is 6.00. The molecule has 4 atom stereocenters. The fourth-order valence-electron chi connectivity index (χ4n) is 6.26. The molecule has 1 saturated heterocycles. The first-order valence-electron chi connectivity index (χ1n) is 15.1. The molecule has 1 saturated carbocycles. The van der Waals surface area contributed by atoms with E-state index in [0.29, 0.717) is 29.0 Å². The lowest BCUT2D eigenvalue weighted by Crippen LogP contribution is -2.50. The van der Waals surface area contributed by atoms with E-state index in [1.54, 1.807) is 30.3 Å².